The fourth-order valence-corrected chi connectivity index (χ4v) is 4.08. The first kappa shape index (κ1) is 21.5. The molecule has 0 amide bonds. The minimum Gasteiger partial charge on any atom is -0.459 e. The van der Waals surface area contributed by atoms with Crippen molar-refractivity contribution in [1.29, 1.82) is 0 Å². The molecular formula is C25H33NO3. The van der Waals surface area contributed by atoms with E-state index in [-0.39, 0.29) is 11.6 Å². The molecular weight excluding hydrogens is 362 g/mol. The lowest BCUT2D eigenvalue weighted by molar-refractivity contribution is -0.163. The van der Waals surface area contributed by atoms with Crippen LogP contribution in [-0.2, 0) is 27.3 Å². The Hall–Kier alpha value is -2.17. The Kier molecular flexibility index (Phi) is 8.26. The smallest absolute Gasteiger partial charge is 0.303 e. The Bertz CT molecular complexity index is 719. The number of hydrogen-bond acceptors (Lipinski definition) is 4. The number of piperidine rings is 1. The summed E-state index contributed by atoms with van der Waals surface area (Å²) in [6.45, 7) is 5.86. The van der Waals surface area contributed by atoms with E-state index in [1.54, 1.807) is 0 Å². The van der Waals surface area contributed by atoms with E-state index >= 15 is 0 Å². The normalized spacial score (nSPS) is 16.4. The second kappa shape index (κ2) is 11.1. The Labute approximate surface area is 174 Å². The van der Waals surface area contributed by atoms with Gasteiger partial charge in [-0.2, -0.15) is 0 Å². The van der Waals surface area contributed by atoms with Crippen LogP contribution in [-0.4, -0.2) is 42.7 Å². The van der Waals surface area contributed by atoms with Crippen LogP contribution in [0, 0.1) is 0 Å². The van der Waals surface area contributed by atoms with E-state index in [1.165, 1.54) is 18.1 Å². The van der Waals surface area contributed by atoms with Gasteiger partial charge in [0.05, 0.1) is 6.61 Å². The molecule has 0 unspecified atom stereocenters. The van der Waals surface area contributed by atoms with Crippen molar-refractivity contribution in [2.45, 2.75) is 51.2 Å². The molecule has 2 aromatic carbocycles. The van der Waals surface area contributed by atoms with Crippen molar-refractivity contribution in [2.75, 3.05) is 26.2 Å². The summed E-state index contributed by atoms with van der Waals surface area (Å²) in [6, 6.07) is 20.8. The Morgan fingerprint density at radius 1 is 0.966 bits per heavy atom. The van der Waals surface area contributed by atoms with Gasteiger partial charge in [-0.3, -0.25) is 4.79 Å². The molecule has 0 radical (unpaired) electrons. The maximum absolute atomic E-state index is 11.7. The number of nitrogens with zero attached hydrogens (tertiary/aromatic N) is 1. The zero-order valence-corrected chi connectivity index (χ0v) is 17.5. The van der Waals surface area contributed by atoms with Gasteiger partial charge in [0.2, 0.25) is 0 Å². The van der Waals surface area contributed by atoms with E-state index in [0.29, 0.717) is 13.2 Å². The molecule has 2 aromatic rings. The van der Waals surface area contributed by atoms with Crippen LogP contribution >= 0.6 is 0 Å². The molecule has 1 heterocycles. The highest BCUT2D eigenvalue weighted by Crippen LogP contribution is 2.31. The van der Waals surface area contributed by atoms with Crippen molar-refractivity contribution in [2.24, 2.45) is 0 Å². The lowest BCUT2D eigenvalue weighted by Gasteiger charge is -2.41. The van der Waals surface area contributed by atoms with Gasteiger partial charge >= 0.3 is 5.97 Å². The maximum Gasteiger partial charge on any atom is 0.303 e. The molecule has 1 saturated heterocycles. The molecule has 29 heavy (non-hydrogen) atoms. The summed E-state index contributed by atoms with van der Waals surface area (Å²) in [5.74, 6) is -0.173. The highest BCUT2D eigenvalue weighted by atomic mass is 16.6. The van der Waals surface area contributed by atoms with Crippen molar-refractivity contribution in [1.82, 2.24) is 4.90 Å². The summed E-state index contributed by atoms with van der Waals surface area (Å²) in [4.78, 5) is 14.2. The lowest BCUT2D eigenvalue weighted by Crippen LogP contribution is -2.47. The van der Waals surface area contributed by atoms with Crippen molar-refractivity contribution in [3.8, 4) is 0 Å². The molecule has 0 atom stereocenters. The molecule has 0 spiro atoms. The van der Waals surface area contributed by atoms with Crippen LogP contribution < -0.4 is 0 Å². The molecule has 0 N–H and O–H groups in total. The molecule has 0 saturated carbocycles. The van der Waals surface area contributed by atoms with Gasteiger partial charge in [-0.05, 0) is 43.2 Å². The third kappa shape index (κ3) is 7.30. The molecule has 1 aliphatic rings. The van der Waals surface area contributed by atoms with Crippen LogP contribution in [0.15, 0.2) is 60.7 Å². The Morgan fingerprint density at radius 2 is 1.59 bits per heavy atom. The quantitative estimate of drug-likeness (QED) is 0.434. The number of esters is 1. The molecule has 0 aromatic heterocycles. The van der Waals surface area contributed by atoms with Gasteiger partial charge in [-0.15, -0.1) is 0 Å². The second-order valence-electron chi connectivity index (χ2n) is 8.00. The number of ether oxygens (including phenoxy) is 2. The maximum atomic E-state index is 11.7. The largest absolute Gasteiger partial charge is 0.459 e. The topological polar surface area (TPSA) is 38.8 Å². The number of benzene rings is 2. The highest BCUT2D eigenvalue weighted by molar-refractivity contribution is 5.66. The van der Waals surface area contributed by atoms with Gasteiger partial charge in [-0.1, -0.05) is 60.7 Å². The zero-order valence-electron chi connectivity index (χ0n) is 17.5. The first-order valence-electron chi connectivity index (χ1n) is 10.7. The number of carbonyl (C=O) groups is 1. The summed E-state index contributed by atoms with van der Waals surface area (Å²) in [7, 11) is 0. The summed E-state index contributed by atoms with van der Waals surface area (Å²) in [5.41, 5.74) is 2.24. The van der Waals surface area contributed by atoms with E-state index in [4.69, 9.17) is 9.47 Å². The monoisotopic (exact) mass is 395 g/mol. The van der Waals surface area contributed by atoms with Crippen molar-refractivity contribution in [3.05, 3.63) is 71.8 Å². The van der Waals surface area contributed by atoms with Gasteiger partial charge in [0, 0.05) is 33.2 Å². The van der Waals surface area contributed by atoms with E-state index in [2.05, 4.69) is 47.4 Å². The third-order valence-corrected chi connectivity index (χ3v) is 5.72. The number of carbonyl (C=O) groups excluding carboxylic acids is 1. The van der Waals surface area contributed by atoms with E-state index < -0.39 is 0 Å². The molecule has 0 bridgehead atoms. The van der Waals surface area contributed by atoms with Crippen LogP contribution in [0.25, 0.3) is 0 Å². The predicted molar refractivity (Wildman–Crippen MR) is 116 cm³/mol. The molecule has 4 nitrogen and oxygen atoms in total. The van der Waals surface area contributed by atoms with E-state index in [0.717, 1.165) is 51.7 Å². The predicted octanol–water partition coefficient (Wildman–Crippen LogP) is 4.62. The molecule has 3 rings (SSSR count). The van der Waals surface area contributed by atoms with Gasteiger partial charge in [0.1, 0.15) is 5.60 Å². The number of hydrogen-bond donors (Lipinski definition) is 0. The second-order valence-corrected chi connectivity index (χ2v) is 8.00. The summed E-state index contributed by atoms with van der Waals surface area (Å²) >= 11 is 0. The van der Waals surface area contributed by atoms with Crippen LogP contribution in [0.4, 0.5) is 0 Å². The Balaban J connectivity index is 1.41. The van der Waals surface area contributed by atoms with Crippen molar-refractivity contribution >= 4 is 5.97 Å². The van der Waals surface area contributed by atoms with E-state index in [9.17, 15) is 4.79 Å². The third-order valence-electron chi connectivity index (χ3n) is 5.72. The molecule has 1 aliphatic heterocycles. The van der Waals surface area contributed by atoms with Crippen LogP contribution in [0.5, 0.6) is 0 Å². The number of likely N-dealkylation sites (tertiary alicyclic amines) is 1. The summed E-state index contributed by atoms with van der Waals surface area (Å²) in [6.07, 6.45) is 4.65. The average molecular weight is 396 g/mol. The van der Waals surface area contributed by atoms with Gasteiger partial charge < -0.3 is 14.4 Å². The van der Waals surface area contributed by atoms with Crippen LogP contribution in [0.1, 0.15) is 43.7 Å². The van der Waals surface area contributed by atoms with Crippen molar-refractivity contribution in [3.63, 3.8) is 0 Å². The minimum atomic E-state index is -0.328. The zero-order chi connectivity index (χ0) is 20.4. The summed E-state index contributed by atoms with van der Waals surface area (Å²) in [5, 5.41) is 0. The average Bonchev–Trinajstić information content (AvgIpc) is 2.74. The number of rotatable bonds is 10. The van der Waals surface area contributed by atoms with Crippen LogP contribution in [0.3, 0.4) is 0 Å². The van der Waals surface area contributed by atoms with Gasteiger partial charge in [-0.25, -0.2) is 0 Å². The highest BCUT2D eigenvalue weighted by Gasteiger charge is 2.36. The Morgan fingerprint density at radius 3 is 2.21 bits per heavy atom. The lowest BCUT2D eigenvalue weighted by atomic mass is 9.86. The van der Waals surface area contributed by atoms with Crippen molar-refractivity contribution < 1.29 is 14.3 Å². The molecule has 4 heteroatoms. The first-order chi connectivity index (χ1) is 14.2. The first-order valence-corrected chi connectivity index (χ1v) is 10.7. The van der Waals surface area contributed by atoms with Gasteiger partial charge in [0.15, 0.2) is 0 Å². The molecule has 1 fully saturated rings. The minimum absolute atomic E-state index is 0.173. The van der Waals surface area contributed by atoms with E-state index in [1.807, 2.05) is 18.2 Å². The SMILES string of the molecule is CC(=O)OC1(CCCOCc2ccccc2)CCN(CCc2ccccc2)CC1. The fraction of sp³-hybridized carbons (Fsp3) is 0.480. The summed E-state index contributed by atoms with van der Waals surface area (Å²) < 4.78 is 11.7. The van der Waals surface area contributed by atoms with Gasteiger partial charge in [0.25, 0.3) is 0 Å². The molecule has 156 valence electrons. The molecule has 0 aliphatic carbocycles. The standard InChI is InChI=1S/C25H33NO3/c1-22(27)29-25(14-8-20-28-21-24-11-6-3-7-12-24)15-18-26(19-16-25)17-13-23-9-4-2-5-10-23/h2-7,9-12H,8,13-21H2,1H3. The van der Waals surface area contributed by atoms with Crippen LogP contribution in [0.2, 0.25) is 0 Å². The fourth-order valence-electron chi connectivity index (χ4n) is 4.08.